The third kappa shape index (κ3) is 6.94. The molecule has 0 radical (unpaired) electrons. The number of guanidine groups is 1. The average molecular weight is 356 g/mol. The quantitative estimate of drug-likeness (QED) is 0.553. The fraction of sp³-hybridized carbons (Fsp3) is 0.529. The Hall–Kier alpha value is -2.38. The maximum absolute atomic E-state index is 12.2. The second-order valence-electron chi connectivity index (χ2n) is 6.30. The standard InChI is InChI=1S/C17H26F2N4O2/c1-5-21-16(22-11-17(2,3)14(20)24)23(4)10-12-6-8-13(9-7-12)25-15(18)19/h6-9,15H,5,10-11H2,1-4H3,(H2,20,24)(H,21,22). The van der Waals surface area contributed by atoms with E-state index in [-0.39, 0.29) is 12.3 Å². The van der Waals surface area contributed by atoms with Crippen molar-refractivity contribution >= 4 is 11.9 Å². The number of amides is 1. The zero-order valence-corrected chi connectivity index (χ0v) is 15.1. The number of nitrogens with zero attached hydrogens (tertiary/aromatic N) is 2. The average Bonchev–Trinajstić information content (AvgIpc) is 2.52. The van der Waals surface area contributed by atoms with Gasteiger partial charge in [0, 0.05) is 20.1 Å². The van der Waals surface area contributed by atoms with Gasteiger partial charge in [-0.15, -0.1) is 0 Å². The van der Waals surface area contributed by atoms with Crippen LogP contribution >= 0.6 is 0 Å². The zero-order valence-electron chi connectivity index (χ0n) is 15.1. The van der Waals surface area contributed by atoms with Crippen LogP contribution in [-0.4, -0.2) is 43.5 Å². The van der Waals surface area contributed by atoms with Crippen LogP contribution in [0.25, 0.3) is 0 Å². The summed E-state index contributed by atoms with van der Waals surface area (Å²) in [4.78, 5) is 17.8. The number of halogens is 2. The van der Waals surface area contributed by atoms with E-state index in [1.165, 1.54) is 12.1 Å². The first-order chi connectivity index (χ1) is 11.7. The number of nitrogens with one attached hydrogen (secondary N) is 1. The van der Waals surface area contributed by atoms with Crippen molar-refractivity contribution in [2.24, 2.45) is 16.1 Å². The van der Waals surface area contributed by atoms with Gasteiger partial charge in [-0.3, -0.25) is 9.79 Å². The Morgan fingerprint density at radius 1 is 1.36 bits per heavy atom. The lowest BCUT2D eigenvalue weighted by atomic mass is 9.93. The van der Waals surface area contributed by atoms with E-state index in [2.05, 4.69) is 15.0 Å². The molecule has 0 spiro atoms. The summed E-state index contributed by atoms with van der Waals surface area (Å²) < 4.78 is 28.7. The van der Waals surface area contributed by atoms with Crippen LogP contribution in [0.5, 0.6) is 5.75 Å². The Morgan fingerprint density at radius 2 is 1.96 bits per heavy atom. The molecule has 0 aliphatic carbocycles. The topological polar surface area (TPSA) is 79.9 Å². The molecule has 0 saturated carbocycles. The molecule has 0 atom stereocenters. The molecule has 25 heavy (non-hydrogen) atoms. The molecule has 0 bridgehead atoms. The van der Waals surface area contributed by atoms with Crippen LogP contribution in [0.3, 0.4) is 0 Å². The highest BCUT2D eigenvalue weighted by molar-refractivity contribution is 5.82. The van der Waals surface area contributed by atoms with Gasteiger partial charge < -0.3 is 20.7 Å². The SMILES string of the molecule is CCNC(=NCC(C)(C)C(N)=O)N(C)Cc1ccc(OC(F)F)cc1. The second-order valence-corrected chi connectivity index (χ2v) is 6.30. The highest BCUT2D eigenvalue weighted by atomic mass is 19.3. The Morgan fingerprint density at radius 3 is 2.44 bits per heavy atom. The van der Waals surface area contributed by atoms with E-state index in [1.807, 2.05) is 18.9 Å². The predicted octanol–water partition coefficient (Wildman–Crippen LogP) is 2.20. The largest absolute Gasteiger partial charge is 0.435 e. The summed E-state index contributed by atoms with van der Waals surface area (Å²) in [6.45, 7) is 4.03. The Kier molecular flexibility index (Phi) is 7.60. The van der Waals surface area contributed by atoms with Crippen molar-refractivity contribution in [3.63, 3.8) is 0 Å². The number of alkyl halides is 2. The lowest BCUT2D eigenvalue weighted by Crippen LogP contribution is -2.40. The molecular formula is C17H26F2N4O2. The van der Waals surface area contributed by atoms with Crippen molar-refractivity contribution in [3.8, 4) is 5.75 Å². The van der Waals surface area contributed by atoms with Crippen LogP contribution < -0.4 is 15.8 Å². The molecule has 140 valence electrons. The van der Waals surface area contributed by atoms with Gasteiger partial charge in [-0.2, -0.15) is 8.78 Å². The summed E-state index contributed by atoms with van der Waals surface area (Å²) >= 11 is 0. The highest BCUT2D eigenvalue weighted by Gasteiger charge is 2.25. The molecule has 0 aromatic heterocycles. The van der Waals surface area contributed by atoms with Crippen molar-refractivity contribution in [2.45, 2.75) is 33.9 Å². The monoisotopic (exact) mass is 356 g/mol. The summed E-state index contributed by atoms with van der Waals surface area (Å²) in [5.74, 6) is 0.333. The fourth-order valence-electron chi connectivity index (χ4n) is 1.95. The van der Waals surface area contributed by atoms with E-state index < -0.39 is 17.9 Å². The van der Waals surface area contributed by atoms with E-state index in [4.69, 9.17) is 5.73 Å². The molecule has 8 heteroatoms. The van der Waals surface area contributed by atoms with Crippen LogP contribution in [0.2, 0.25) is 0 Å². The molecular weight excluding hydrogens is 330 g/mol. The smallest absolute Gasteiger partial charge is 0.387 e. The van der Waals surface area contributed by atoms with Gasteiger partial charge in [0.1, 0.15) is 5.75 Å². The molecule has 0 aliphatic rings. The van der Waals surface area contributed by atoms with Gasteiger partial charge in [0.15, 0.2) is 5.96 Å². The van der Waals surface area contributed by atoms with Crippen LogP contribution in [0, 0.1) is 5.41 Å². The number of carbonyl (C=O) groups is 1. The summed E-state index contributed by atoms with van der Waals surface area (Å²) in [6.07, 6.45) is 0. The molecule has 0 fully saturated rings. The normalized spacial score (nSPS) is 12.2. The number of aliphatic imine (C=N–C) groups is 1. The minimum Gasteiger partial charge on any atom is -0.435 e. The van der Waals surface area contributed by atoms with Gasteiger partial charge in [-0.05, 0) is 38.5 Å². The van der Waals surface area contributed by atoms with E-state index in [0.717, 1.165) is 5.56 Å². The van der Waals surface area contributed by atoms with Crippen LogP contribution in [0.1, 0.15) is 26.3 Å². The first-order valence-electron chi connectivity index (χ1n) is 7.99. The number of primary amides is 1. The number of benzene rings is 1. The van der Waals surface area contributed by atoms with Gasteiger partial charge in [-0.25, -0.2) is 0 Å². The summed E-state index contributed by atoms with van der Waals surface area (Å²) in [6, 6.07) is 6.42. The number of nitrogens with two attached hydrogens (primary N) is 1. The zero-order chi connectivity index (χ0) is 19.0. The maximum atomic E-state index is 12.2. The van der Waals surface area contributed by atoms with E-state index in [0.29, 0.717) is 19.0 Å². The minimum atomic E-state index is -2.84. The Bertz CT molecular complexity index is 589. The number of hydrogen-bond acceptors (Lipinski definition) is 3. The molecule has 6 nitrogen and oxygen atoms in total. The van der Waals surface area contributed by atoms with Crippen molar-refractivity contribution in [1.82, 2.24) is 10.2 Å². The highest BCUT2D eigenvalue weighted by Crippen LogP contribution is 2.17. The number of carbonyl (C=O) groups excluding carboxylic acids is 1. The first kappa shape index (κ1) is 20.7. The molecule has 3 N–H and O–H groups in total. The lowest BCUT2D eigenvalue weighted by molar-refractivity contribution is -0.125. The molecule has 1 aromatic rings. The Balaban J connectivity index is 2.78. The molecule has 0 saturated heterocycles. The second kappa shape index (κ2) is 9.19. The molecule has 0 aliphatic heterocycles. The van der Waals surface area contributed by atoms with Gasteiger partial charge in [0.05, 0.1) is 12.0 Å². The third-order valence-corrected chi connectivity index (χ3v) is 3.56. The molecule has 0 unspecified atom stereocenters. The van der Waals surface area contributed by atoms with E-state index >= 15 is 0 Å². The van der Waals surface area contributed by atoms with Gasteiger partial charge in [0.2, 0.25) is 5.91 Å². The maximum Gasteiger partial charge on any atom is 0.387 e. The van der Waals surface area contributed by atoms with Crippen LogP contribution in [-0.2, 0) is 11.3 Å². The molecule has 1 rings (SSSR count). The lowest BCUT2D eigenvalue weighted by Gasteiger charge is -2.24. The van der Waals surface area contributed by atoms with E-state index in [9.17, 15) is 13.6 Å². The fourth-order valence-corrected chi connectivity index (χ4v) is 1.95. The summed E-state index contributed by atoms with van der Waals surface area (Å²) in [7, 11) is 1.85. The van der Waals surface area contributed by atoms with Crippen LogP contribution in [0.4, 0.5) is 8.78 Å². The number of rotatable bonds is 8. The predicted molar refractivity (Wildman–Crippen MR) is 93.5 cm³/mol. The van der Waals surface area contributed by atoms with Gasteiger partial charge in [-0.1, -0.05) is 12.1 Å². The van der Waals surface area contributed by atoms with Crippen molar-refractivity contribution in [3.05, 3.63) is 29.8 Å². The molecule has 1 aromatic carbocycles. The summed E-state index contributed by atoms with van der Waals surface area (Å²) in [5.41, 5.74) is 5.54. The molecule has 0 heterocycles. The van der Waals surface area contributed by atoms with Crippen molar-refractivity contribution in [2.75, 3.05) is 20.1 Å². The van der Waals surface area contributed by atoms with Gasteiger partial charge in [0.25, 0.3) is 0 Å². The molecule has 1 amide bonds. The van der Waals surface area contributed by atoms with Crippen LogP contribution in [0.15, 0.2) is 29.3 Å². The van der Waals surface area contributed by atoms with Crippen molar-refractivity contribution < 1.29 is 18.3 Å². The minimum absolute atomic E-state index is 0.116. The summed E-state index contributed by atoms with van der Waals surface area (Å²) in [5, 5.41) is 3.15. The van der Waals surface area contributed by atoms with Gasteiger partial charge >= 0.3 is 6.61 Å². The van der Waals surface area contributed by atoms with Crippen molar-refractivity contribution in [1.29, 1.82) is 0 Å². The number of ether oxygens (including phenoxy) is 1. The third-order valence-electron chi connectivity index (χ3n) is 3.56. The Labute approximate surface area is 147 Å². The number of hydrogen-bond donors (Lipinski definition) is 2. The van der Waals surface area contributed by atoms with E-state index in [1.54, 1.807) is 26.0 Å². The first-order valence-corrected chi connectivity index (χ1v) is 7.99.